The van der Waals surface area contributed by atoms with Gasteiger partial charge in [-0.05, 0) is 18.9 Å². The van der Waals surface area contributed by atoms with Crippen LogP contribution in [0.25, 0.3) is 0 Å². The van der Waals surface area contributed by atoms with Gasteiger partial charge in [0.2, 0.25) is 0 Å². The van der Waals surface area contributed by atoms with Gasteiger partial charge in [0.25, 0.3) is 0 Å². The lowest BCUT2D eigenvalue weighted by atomic mass is 10.0. The molecular formula is C16H18N2O2. The van der Waals surface area contributed by atoms with Gasteiger partial charge in [0, 0.05) is 18.8 Å². The maximum Gasteiger partial charge on any atom is 0.174 e. The number of hydrogen-bond acceptors (Lipinski definition) is 3. The third kappa shape index (κ3) is 3.02. The summed E-state index contributed by atoms with van der Waals surface area (Å²) in [5.41, 5.74) is 2.94. The van der Waals surface area contributed by atoms with Crippen LogP contribution < -0.4 is 0 Å². The van der Waals surface area contributed by atoms with E-state index >= 15 is 0 Å². The van der Waals surface area contributed by atoms with Crippen LogP contribution in [0, 0.1) is 6.92 Å². The second-order valence-corrected chi connectivity index (χ2v) is 4.88. The normalized spacial score (nSPS) is 10.6. The number of rotatable bonds is 5. The molecule has 0 spiro atoms. The second-order valence-electron chi connectivity index (χ2n) is 4.88. The fourth-order valence-corrected chi connectivity index (χ4v) is 2.14. The highest BCUT2D eigenvalue weighted by molar-refractivity contribution is 6.13. The summed E-state index contributed by atoms with van der Waals surface area (Å²) in [5, 5.41) is 4.12. The number of aromatic nitrogens is 2. The zero-order valence-electron chi connectivity index (χ0n) is 12.0. The molecule has 1 heterocycles. The van der Waals surface area contributed by atoms with Crippen LogP contribution in [0.4, 0.5) is 0 Å². The largest absolute Gasteiger partial charge is 0.294 e. The van der Waals surface area contributed by atoms with Crippen molar-refractivity contribution in [3.05, 3.63) is 52.8 Å². The number of aryl methyl sites for hydroxylation is 3. The van der Waals surface area contributed by atoms with Crippen molar-refractivity contribution in [2.45, 2.75) is 26.7 Å². The molecule has 0 aliphatic rings. The summed E-state index contributed by atoms with van der Waals surface area (Å²) in [4.78, 5) is 24.2. The van der Waals surface area contributed by atoms with Gasteiger partial charge in [-0.3, -0.25) is 14.3 Å². The number of Topliss-reactive ketones (excluding diaryl/α,β-unsaturated/α-hetero) is 2. The van der Waals surface area contributed by atoms with E-state index in [1.54, 1.807) is 37.0 Å². The van der Waals surface area contributed by atoms with Gasteiger partial charge in [0.05, 0.1) is 17.7 Å². The number of nitrogens with zero attached hydrogens (tertiary/aromatic N) is 2. The van der Waals surface area contributed by atoms with Gasteiger partial charge < -0.3 is 0 Å². The van der Waals surface area contributed by atoms with Crippen molar-refractivity contribution in [2.24, 2.45) is 7.05 Å². The Hall–Kier alpha value is -2.23. The molecule has 0 atom stereocenters. The van der Waals surface area contributed by atoms with Crippen LogP contribution >= 0.6 is 0 Å². The molecule has 0 N–H and O–H groups in total. The fourth-order valence-electron chi connectivity index (χ4n) is 2.14. The molecule has 0 aliphatic carbocycles. The minimum absolute atomic E-state index is 0.113. The van der Waals surface area contributed by atoms with Gasteiger partial charge in [-0.1, -0.05) is 31.2 Å². The molecule has 20 heavy (non-hydrogen) atoms. The van der Waals surface area contributed by atoms with E-state index < -0.39 is 0 Å². The zero-order chi connectivity index (χ0) is 14.7. The highest BCUT2D eigenvalue weighted by atomic mass is 16.1. The van der Waals surface area contributed by atoms with Gasteiger partial charge in [-0.25, -0.2) is 0 Å². The Bertz CT molecular complexity index is 639. The van der Waals surface area contributed by atoms with Gasteiger partial charge in [0.1, 0.15) is 0 Å². The topological polar surface area (TPSA) is 52.0 Å². The van der Waals surface area contributed by atoms with Crippen molar-refractivity contribution in [2.75, 3.05) is 0 Å². The Morgan fingerprint density at radius 2 is 1.80 bits per heavy atom. The van der Waals surface area contributed by atoms with E-state index in [-0.39, 0.29) is 18.0 Å². The molecule has 0 aliphatic heterocycles. The molecule has 2 aromatic rings. The van der Waals surface area contributed by atoms with Crippen LogP contribution in [-0.4, -0.2) is 21.3 Å². The molecule has 1 aromatic heterocycles. The molecule has 0 radical (unpaired) electrons. The van der Waals surface area contributed by atoms with Crippen molar-refractivity contribution in [1.29, 1.82) is 0 Å². The Kier molecular flexibility index (Phi) is 4.13. The van der Waals surface area contributed by atoms with E-state index in [0.717, 1.165) is 6.42 Å². The molecule has 4 nitrogen and oxygen atoms in total. The maximum absolute atomic E-state index is 12.1. The summed E-state index contributed by atoms with van der Waals surface area (Å²) in [7, 11) is 1.76. The van der Waals surface area contributed by atoms with Gasteiger partial charge in [0.15, 0.2) is 11.6 Å². The number of carbonyl (C=O) groups excluding carboxylic acids is 2. The SMILES string of the molecule is CCc1ccc(C(=O)CC(=O)c2cn(C)nc2C)cc1. The van der Waals surface area contributed by atoms with Crippen LogP contribution in [0.2, 0.25) is 0 Å². The average Bonchev–Trinajstić information content (AvgIpc) is 2.78. The van der Waals surface area contributed by atoms with Crippen molar-refractivity contribution in [3.8, 4) is 0 Å². The molecule has 0 saturated carbocycles. The van der Waals surface area contributed by atoms with Crippen molar-refractivity contribution < 1.29 is 9.59 Å². The minimum atomic E-state index is -0.180. The number of carbonyl (C=O) groups is 2. The smallest absolute Gasteiger partial charge is 0.174 e. The third-order valence-electron chi connectivity index (χ3n) is 3.32. The molecule has 0 bridgehead atoms. The standard InChI is InChI=1S/C16H18N2O2/c1-4-12-5-7-13(8-6-12)15(19)9-16(20)14-10-18(3)17-11(14)2/h5-8,10H,4,9H2,1-3H3. The Morgan fingerprint density at radius 3 is 2.30 bits per heavy atom. The van der Waals surface area contributed by atoms with E-state index in [0.29, 0.717) is 16.8 Å². The third-order valence-corrected chi connectivity index (χ3v) is 3.32. The highest BCUT2D eigenvalue weighted by Gasteiger charge is 2.17. The van der Waals surface area contributed by atoms with E-state index in [1.165, 1.54) is 5.56 Å². The summed E-state index contributed by atoms with van der Waals surface area (Å²) in [5.74, 6) is -0.332. The number of hydrogen-bond donors (Lipinski definition) is 0. The lowest BCUT2D eigenvalue weighted by Crippen LogP contribution is -2.09. The summed E-state index contributed by atoms with van der Waals surface area (Å²) in [6, 6.07) is 7.41. The predicted molar refractivity (Wildman–Crippen MR) is 77.0 cm³/mol. The van der Waals surface area contributed by atoms with Gasteiger partial charge >= 0.3 is 0 Å². The number of benzene rings is 1. The fraction of sp³-hybridized carbons (Fsp3) is 0.312. The molecule has 4 heteroatoms. The van der Waals surface area contributed by atoms with Crippen LogP contribution in [0.5, 0.6) is 0 Å². The van der Waals surface area contributed by atoms with Crippen LogP contribution in [0.15, 0.2) is 30.5 Å². The summed E-state index contributed by atoms with van der Waals surface area (Å²) in [6.07, 6.45) is 2.48. The predicted octanol–water partition coefficient (Wildman–Crippen LogP) is 2.75. The van der Waals surface area contributed by atoms with Crippen LogP contribution in [-0.2, 0) is 13.5 Å². The molecular weight excluding hydrogens is 252 g/mol. The van der Waals surface area contributed by atoms with Crippen molar-refractivity contribution >= 4 is 11.6 Å². The number of ketones is 2. The average molecular weight is 270 g/mol. The monoisotopic (exact) mass is 270 g/mol. The maximum atomic E-state index is 12.1. The van der Waals surface area contributed by atoms with E-state index in [2.05, 4.69) is 12.0 Å². The van der Waals surface area contributed by atoms with Gasteiger partial charge in [-0.2, -0.15) is 5.10 Å². The van der Waals surface area contributed by atoms with Crippen molar-refractivity contribution in [3.63, 3.8) is 0 Å². The van der Waals surface area contributed by atoms with Crippen LogP contribution in [0.1, 0.15) is 45.3 Å². The lowest BCUT2D eigenvalue weighted by molar-refractivity contribution is 0.0894. The van der Waals surface area contributed by atoms with Crippen molar-refractivity contribution in [1.82, 2.24) is 9.78 Å². The van der Waals surface area contributed by atoms with E-state index in [9.17, 15) is 9.59 Å². The second kappa shape index (κ2) is 5.82. The quantitative estimate of drug-likeness (QED) is 0.620. The Labute approximate surface area is 118 Å². The molecule has 2 rings (SSSR count). The first-order valence-electron chi connectivity index (χ1n) is 6.67. The van der Waals surface area contributed by atoms with E-state index in [4.69, 9.17) is 0 Å². The minimum Gasteiger partial charge on any atom is -0.294 e. The molecule has 0 unspecified atom stereocenters. The van der Waals surface area contributed by atoms with E-state index in [1.807, 2.05) is 12.1 Å². The first kappa shape index (κ1) is 14.2. The Morgan fingerprint density at radius 1 is 1.15 bits per heavy atom. The van der Waals surface area contributed by atoms with Crippen LogP contribution in [0.3, 0.4) is 0 Å². The summed E-state index contributed by atoms with van der Waals surface area (Å²) in [6.45, 7) is 3.83. The highest BCUT2D eigenvalue weighted by Crippen LogP contribution is 2.12. The summed E-state index contributed by atoms with van der Waals surface area (Å²) >= 11 is 0. The zero-order valence-corrected chi connectivity index (χ0v) is 12.0. The Balaban J connectivity index is 2.10. The summed E-state index contributed by atoms with van der Waals surface area (Å²) < 4.78 is 1.59. The molecule has 0 saturated heterocycles. The van der Waals surface area contributed by atoms with Gasteiger partial charge in [-0.15, -0.1) is 0 Å². The molecule has 0 amide bonds. The first-order valence-corrected chi connectivity index (χ1v) is 6.67. The molecule has 104 valence electrons. The molecule has 1 aromatic carbocycles. The first-order chi connectivity index (χ1) is 9.51. The molecule has 0 fully saturated rings. The lowest BCUT2D eigenvalue weighted by Gasteiger charge is -2.02.